The van der Waals surface area contributed by atoms with Gasteiger partial charge in [0.25, 0.3) is 0 Å². The molecule has 2 N–H and O–H groups in total. The van der Waals surface area contributed by atoms with Gasteiger partial charge in [-0.3, -0.25) is 0 Å². The Labute approximate surface area is 83.1 Å². The van der Waals surface area contributed by atoms with Gasteiger partial charge in [0.15, 0.2) is 0 Å². The Bertz CT molecular complexity index is 159. The van der Waals surface area contributed by atoms with Crippen LogP contribution in [0.1, 0.15) is 53.4 Å². The number of nitrogens with two attached hydrogens (primary N) is 1. The molecule has 0 aromatic rings. The fourth-order valence-electron chi connectivity index (χ4n) is 2.55. The smallest absolute Gasteiger partial charge is 0.00418 e. The quantitative estimate of drug-likeness (QED) is 0.699. The Kier molecular flexibility index (Phi) is 3.39. The third-order valence-electron chi connectivity index (χ3n) is 3.61. The first kappa shape index (κ1) is 11.0. The predicted octanol–water partition coefficient (Wildman–Crippen LogP) is 3.19. The van der Waals surface area contributed by atoms with Crippen LogP contribution in [0.25, 0.3) is 0 Å². The van der Waals surface area contributed by atoms with Crippen LogP contribution in [0.3, 0.4) is 0 Å². The molecule has 13 heavy (non-hydrogen) atoms. The molecule has 0 amide bonds. The summed E-state index contributed by atoms with van der Waals surface area (Å²) >= 11 is 0. The molecule has 1 saturated carbocycles. The highest BCUT2D eigenvalue weighted by molar-refractivity contribution is 4.88. The maximum Gasteiger partial charge on any atom is 0.00418 e. The van der Waals surface area contributed by atoms with Crippen molar-refractivity contribution in [3.05, 3.63) is 0 Å². The third-order valence-corrected chi connectivity index (χ3v) is 3.61. The van der Waals surface area contributed by atoms with Crippen LogP contribution in [0.15, 0.2) is 0 Å². The average Bonchev–Trinajstić information content (AvgIpc) is 1.97. The van der Waals surface area contributed by atoms with E-state index in [9.17, 15) is 0 Å². The topological polar surface area (TPSA) is 26.0 Å². The van der Waals surface area contributed by atoms with Crippen molar-refractivity contribution in [3.63, 3.8) is 0 Å². The molecular formula is C12H25N. The molecule has 0 radical (unpaired) electrons. The van der Waals surface area contributed by atoms with Gasteiger partial charge < -0.3 is 5.73 Å². The highest BCUT2D eigenvalue weighted by Crippen LogP contribution is 2.43. The Morgan fingerprint density at radius 3 is 2.54 bits per heavy atom. The maximum atomic E-state index is 6.02. The molecule has 1 rings (SSSR count). The predicted molar refractivity (Wildman–Crippen MR) is 58.6 cm³/mol. The Morgan fingerprint density at radius 1 is 1.38 bits per heavy atom. The summed E-state index contributed by atoms with van der Waals surface area (Å²) in [5, 5.41) is 0. The fourth-order valence-corrected chi connectivity index (χ4v) is 2.55. The molecule has 1 nitrogen and oxygen atoms in total. The van der Waals surface area contributed by atoms with E-state index in [1.165, 1.54) is 25.7 Å². The average molecular weight is 183 g/mol. The Balaban J connectivity index is 2.56. The van der Waals surface area contributed by atoms with Gasteiger partial charge in [0.05, 0.1) is 0 Å². The molecule has 78 valence electrons. The first-order chi connectivity index (χ1) is 5.92. The van der Waals surface area contributed by atoms with E-state index in [1.54, 1.807) is 0 Å². The monoisotopic (exact) mass is 183 g/mol. The van der Waals surface area contributed by atoms with Crippen molar-refractivity contribution in [1.82, 2.24) is 0 Å². The second-order valence-electron chi connectivity index (χ2n) is 5.85. The van der Waals surface area contributed by atoms with Crippen molar-refractivity contribution in [3.8, 4) is 0 Å². The lowest BCUT2D eigenvalue weighted by atomic mass is 9.65. The van der Waals surface area contributed by atoms with Crippen LogP contribution in [0.4, 0.5) is 0 Å². The maximum absolute atomic E-state index is 6.02. The van der Waals surface area contributed by atoms with Crippen molar-refractivity contribution in [2.24, 2.45) is 23.0 Å². The number of rotatable bonds is 2. The summed E-state index contributed by atoms with van der Waals surface area (Å²) in [5.41, 5.74) is 6.55. The van der Waals surface area contributed by atoms with Gasteiger partial charge in [0.1, 0.15) is 0 Å². The number of hydrogen-bond donors (Lipinski definition) is 1. The van der Waals surface area contributed by atoms with Gasteiger partial charge in [-0.1, -0.05) is 27.7 Å². The summed E-state index contributed by atoms with van der Waals surface area (Å²) in [6, 6.07) is 0.469. The van der Waals surface area contributed by atoms with E-state index in [4.69, 9.17) is 5.73 Å². The second-order valence-corrected chi connectivity index (χ2v) is 5.85. The molecule has 0 aromatic carbocycles. The van der Waals surface area contributed by atoms with E-state index in [0.29, 0.717) is 11.5 Å². The first-order valence-electron chi connectivity index (χ1n) is 5.67. The van der Waals surface area contributed by atoms with Crippen molar-refractivity contribution in [2.45, 2.75) is 59.4 Å². The zero-order valence-corrected chi connectivity index (χ0v) is 9.64. The summed E-state index contributed by atoms with van der Waals surface area (Å²) in [6.45, 7) is 9.45. The van der Waals surface area contributed by atoms with E-state index >= 15 is 0 Å². The van der Waals surface area contributed by atoms with Crippen LogP contribution in [-0.4, -0.2) is 6.04 Å². The molecule has 2 unspecified atom stereocenters. The molecule has 0 saturated heterocycles. The van der Waals surface area contributed by atoms with Crippen LogP contribution in [0.5, 0.6) is 0 Å². The molecule has 1 fully saturated rings. The second kappa shape index (κ2) is 4.00. The minimum atomic E-state index is 0.469. The normalized spacial score (nSPS) is 33.7. The van der Waals surface area contributed by atoms with Gasteiger partial charge in [0.2, 0.25) is 0 Å². The van der Waals surface area contributed by atoms with Gasteiger partial charge in [0, 0.05) is 6.04 Å². The van der Waals surface area contributed by atoms with Gasteiger partial charge in [-0.15, -0.1) is 0 Å². The molecule has 0 heterocycles. The largest absolute Gasteiger partial charge is 0.328 e. The SMILES string of the molecule is CC(C)CC1CC(N)CCC1(C)C. The minimum absolute atomic E-state index is 0.469. The van der Waals surface area contributed by atoms with E-state index in [0.717, 1.165) is 11.8 Å². The van der Waals surface area contributed by atoms with Crippen LogP contribution in [0, 0.1) is 17.3 Å². The first-order valence-corrected chi connectivity index (χ1v) is 5.67. The molecule has 1 heteroatoms. The van der Waals surface area contributed by atoms with E-state index in [2.05, 4.69) is 27.7 Å². The van der Waals surface area contributed by atoms with Gasteiger partial charge in [-0.05, 0) is 42.9 Å². The molecule has 1 aliphatic rings. The molecule has 0 aromatic heterocycles. The summed E-state index contributed by atoms with van der Waals surface area (Å²) in [4.78, 5) is 0. The summed E-state index contributed by atoms with van der Waals surface area (Å²) in [6.07, 6.45) is 5.12. The summed E-state index contributed by atoms with van der Waals surface area (Å²) < 4.78 is 0. The van der Waals surface area contributed by atoms with E-state index < -0.39 is 0 Å². The van der Waals surface area contributed by atoms with Crippen LogP contribution < -0.4 is 5.73 Å². The number of hydrogen-bond acceptors (Lipinski definition) is 1. The van der Waals surface area contributed by atoms with Crippen LogP contribution in [-0.2, 0) is 0 Å². The molecule has 0 spiro atoms. The standard InChI is InChI=1S/C12H25N/c1-9(2)7-10-8-11(13)5-6-12(10,3)4/h9-11H,5-8,13H2,1-4H3. The van der Waals surface area contributed by atoms with Crippen molar-refractivity contribution in [1.29, 1.82) is 0 Å². The molecule has 0 aliphatic heterocycles. The Hall–Kier alpha value is -0.0400. The zero-order valence-electron chi connectivity index (χ0n) is 9.64. The molecular weight excluding hydrogens is 158 g/mol. The molecule has 1 aliphatic carbocycles. The summed E-state index contributed by atoms with van der Waals surface area (Å²) in [5.74, 6) is 1.66. The van der Waals surface area contributed by atoms with Crippen molar-refractivity contribution >= 4 is 0 Å². The lowest BCUT2D eigenvalue weighted by molar-refractivity contribution is 0.104. The summed E-state index contributed by atoms with van der Waals surface area (Å²) in [7, 11) is 0. The van der Waals surface area contributed by atoms with Crippen LogP contribution in [0.2, 0.25) is 0 Å². The zero-order chi connectivity index (χ0) is 10.1. The van der Waals surface area contributed by atoms with Gasteiger partial charge in [-0.2, -0.15) is 0 Å². The highest BCUT2D eigenvalue weighted by Gasteiger charge is 2.35. The lowest BCUT2D eigenvalue weighted by Crippen LogP contribution is -2.38. The van der Waals surface area contributed by atoms with E-state index in [-0.39, 0.29) is 0 Å². The fraction of sp³-hybridized carbons (Fsp3) is 1.00. The third kappa shape index (κ3) is 2.98. The Morgan fingerprint density at radius 2 is 2.00 bits per heavy atom. The molecule has 2 atom stereocenters. The minimum Gasteiger partial charge on any atom is -0.328 e. The van der Waals surface area contributed by atoms with E-state index in [1.807, 2.05) is 0 Å². The van der Waals surface area contributed by atoms with Crippen molar-refractivity contribution in [2.75, 3.05) is 0 Å². The van der Waals surface area contributed by atoms with Crippen LogP contribution >= 0.6 is 0 Å². The van der Waals surface area contributed by atoms with Crippen molar-refractivity contribution < 1.29 is 0 Å². The highest BCUT2D eigenvalue weighted by atomic mass is 14.7. The van der Waals surface area contributed by atoms with Gasteiger partial charge >= 0.3 is 0 Å². The lowest BCUT2D eigenvalue weighted by Gasteiger charge is -2.42. The molecule has 0 bridgehead atoms. The van der Waals surface area contributed by atoms with Gasteiger partial charge in [-0.25, -0.2) is 0 Å².